The summed E-state index contributed by atoms with van der Waals surface area (Å²) in [7, 11) is 0. The first kappa shape index (κ1) is 18.0. The number of aromatic nitrogens is 4. The van der Waals surface area contributed by atoms with Gasteiger partial charge in [-0.3, -0.25) is 4.79 Å². The molecule has 1 saturated carbocycles. The summed E-state index contributed by atoms with van der Waals surface area (Å²) in [5, 5.41) is 0.976. The van der Waals surface area contributed by atoms with Crippen molar-refractivity contribution in [2.24, 2.45) is 0 Å². The second-order valence-electron chi connectivity index (χ2n) is 7.77. The van der Waals surface area contributed by atoms with Crippen LogP contribution in [0.4, 0.5) is 4.39 Å². The predicted octanol–water partition coefficient (Wildman–Crippen LogP) is 4.23. The van der Waals surface area contributed by atoms with Crippen LogP contribution in [-0.2, 0) is 4.74 Å². The van der Waals surface area contributed by atoms with E-state index in [9.17, 15) is 9.59 Å². The van der Waals surface area contributed by atoms with Gasteiger partial charge in [-0.2, -0.15) is 0 Å². The molecular weight excluding hydrogens is 399 g/mol. The Morgan fingerprint density at radius 3 is 2.77 bits per heavy atom. The summed E-state index contributed by atoms with van der Waals surface area (Å²) in [6.07, 6.45) is 3.34. The highest BCUT2D eigenvalue weighted by molar-refractivity contribution is 6.10. The van der Waals surface area contributed by atoms with Gasteiger partial charge in [0.05, 0.1) is 17.5 Å². The summed E-state index contributed by atoms with van der Waals surface area (Å²) in [5.41, 5.74) is 2.18. The highest BCUT2D eigenvalue weighted by Gasteiger charge is 2.29. The lowest BCUT2D eigenvalue weighted by Gasteiger charge is -2.14. The monoisotopic (exact) mass is 416 g/mol. The van der Waals surface area contributed by atoms with Crippen molar-refractivity contribution < 1.29 is 13.9 Å². The van der Waals surface area contributed by atoms with Crippen molar-refractivity contribution in [2.45, 2.75) is 25.8 Å². The Labute approximate surface area is 174 Å². The van der Waals surface area contributed by atoms with E-state index in [1.807, 2.05) is 28.8 Å². The summed E-state index contributed by atoms with van der Waals surface area (Å²) in [4.78, 5) is 37.9. The molecule has 154 valence electrons. The summed E-state index contributed by atoms with van der Waals surface area (Å²) in [6, 6.07) is 8.90. The van der Waals surface area contributed by atoms with Crippen LogP contribution in [-0.4, -0.2) is 32.1 Å². The van der Waals surface area contributed by atoms with Crippen LogP contribution < -0.4 is 5.43 Å². The van der Waals surface area contributed by atoms with E-state index in [1.165, 1.54) is 6.20 Å². The Morgan fingerprint density at radius 2 is 2.00 bits per heavy atom. The molecule has 6 rings (SSSR count). The van der Waals surface area contributed by atoms with Crippen LogP contribution in [0.1, 0.15) is 36.2 Å². The quantitative estimate of drug-likeness (QED) is 0.351. The Bertz CT molecular complexity index is 1610. The number of hydrogen-bond acceptors (Lipinski definition) is 5. The van der Waals surface area contributed by atoms with Crippen molar-refractivity contribution in [1.29, 1.82) is 0 Å². The van der Waals surface area contributed by atoms with Gasteiger partial charge in [0, 0.05) is 23.1 Å². The van der Waals surface area contributed by atoms with Crippen molar-refractivity contribution in [3.8, 4) is 0 Å². The van der Waals surface area contributed by atoms with Crippen molar-refractivity contribution >= 4 is 50.0 Å². The molecule has 0 unspecified atom stereocenters. The zero-order chi connectivity index (χ0) is 21.3. The molecule has 1 aliphatic carbocycles. The average molecular weight is 416 g/mol. The second kappa shape index (κ2) is 6.34. The minimum Gasteiger partial charge on any atom is -0.462 e. The van der Waals surface area contributed by atoms with E-state index in [2.05, 4.69) is 9.97 Å². The number of carbonyl (C=O) groups excluding carboxylic acids is 1. The summed E-state index contributed by atoms with van der Waals surface area (Å²) in [5.74, 6) is -1.36. The number of nitrogens with one attached hydrogen (secondary N) is 1. The number of esters is 1. The Balaban J connectivity index is 1.79. The van der Waals surface area contributed by atoms with Crippen molar-refractivity contribution in [3.63, 3.8) is 0 Å². The van der Waals surface area contributed by atoms with Gasteiger partial charge < -0.3 is 14.3 Å². The number of aromatic amines is 1. The van der Waals surface area contributed by atoms with E-state index in [0.29, 0.717) is 22.2 Å². The normalized spacial score (nSPS) is 14.1. The number of ether oxygens (including phenoxy) is 1. The van der Waals surface area contributed by atoms with Gasteiger partial charge in [-0.05, 0) is 31.9 Å². The van der Waals surface area contributed by atoms with Crippen LogP contribution in [0.15, 0.2) is 41.3 Å². The molecule has 0 radical (unpaired) electrons. The van der Waals surface area contributed by atoms with Gasteiger partial charge in [-0.25, -0.2) is 19.2 Å². The first-order valence-corrected chi connectivity index (χ1v) is 10.2. The van der Waals surface area contributed by atoms with E-state index in [4.69, 9.17) is 9.72 Å². The molecule has 5 aromatic rings. The largest absolute Gasteiger partial charge is 0.462 e. The van der Waals surface area contributed by atoms with Crippen molar-refractivity contribution in [2.75, 3.05) is 6.61 Å². The standard InChI is InChI=1S/C23H17FN4O3/c1-2-31-23(30)14-10-28(11-7-8-11)20-13(21(14)29)9-15(24)18-19(20)26-17-12-5-3-4-6-16(12)25-22(17)27-18/h3-6,9-11H,2,7-8H2,1H3,(H,25,27). The zero-order valence-corrected chi connectivity index (χ0v) is 16.6. The van der Waals surface area contributed by atoms with E-state index < -0.39 is 17.2 Å². The maximum absolute atomic E-state index is 15.1. The number of carbonyl (C=O) groups is 1. The van der Waals surface area contributed by atoms with Crippen LogP contribution in [0.5, 0.6) is 0 Å². The number of halogens is 1. The highest BCUT2D eigenvalue weighted by atomic mass is 19.1. The minimum absolute atomic E-state index is 0.0873. The molecule has 0 amide bonds. The third-order valence-corrected chi connectivity index (χ3v) is 5.76. The molecule has 1 N–H and O–H groups in total. The topological polar surface area (TPSA) is 89.9 Å². The molecule has 2 aromatic carbocycles. The average Bonchev–Trinajstić information content (AvgIpc) is 3.54. The summed E-state index contributed by atoms with van der Waals surface area (Å²) >= 11 is 0. The van der Waals surface area contributed by atoms with Gasteiger partial charge in [0.1, 0.15) is 22.1 Å². The van der Waals surface area contributed by atoms with Crippen LogP contribution >= 0.6 is 0 Å². The van der Waals surface area contributed by atoms with Gasteiger partial charge in [-0.1, -0.05) is 18.2 Å². The molecule has 0 spiro atoms. The van der Waals surface area contributed by atoms with Crippen molar-refractivity contribution in [1.82, 2.24) is 19.5 Å². The molecular formula is C23H17FN4O3. The molecule has 8 heteroatoms. The number of fused-ring (bicyclic) bond motifs is 6. The first-order valence-electron chi connectivity index (χ1n) is 10.2. The SMILES string of the molecule is CCOC(=O)c1cn(C2CC2)c2c(cc(F)c3nc4[nH]c5ccccc5c4nc32)c1=O. The number of benzene rings is 2. The summed E-state index contributed by atoms with van der Waals surface area (Å²) in [6.45, 7) is 1.82. The third kappa shape index (κ3) is 2.57. The third-order valence-electron chi connectivity index (χ3n) is 5.76. The smallest absolute Gasteiger partial charge is 0.343 e. The molecule has 3 aromatic heterocycles. The van der Waals surface area contributed by atoms with Crippen LogP contribution in [0.25, 0.3) is 44.0 Å². The van der Waals surface area contributed by atoms with E-state index in [0.717, 1.165) is 29.8 Å². The van der Waals surface area contributed by atoms with Gasteiger partial charge in [0.2, 0.25) is 5.43 Å². The van der Waals surface area contributed by atoms with E-state index in [1.54, 1.807) is 6.92 Å². The van der Waals surface area contributed by atoms with Gasteiger partial charge in [0.25, 0.3) is 0 Å². The fourth-order valence-corrected chi connectivity index (χ4v) is 4.20. The molecule has 1 aliphatic rings. The van der Waals surface area contributed by atoms with Gasteiger partial charge >= 0.3 is 5.97 Å². The Hall–Kier alpha value is -3.81. The number of hydrogen-bond donors (Lipinski definition) is 1. The highest BCUT2D eigenvalue weighted by Crippen LogP contribution is 2.39. The Kier molecular flexibility index (Phi) is 3.68. The van der Waals surface area contributed by atoms with Gasteiger partial charge in [-0.15, -0.1) is 0 Å². The van der Waals surface area contributed by atoms with Crippen LogP contribution in [0, 0.1) is 5.82 Å². The summed E-state index contributed by atoms with van der Waals surface area (Å²) < 4.78 is 22.0. The fourth-order valence-electron chi connectivity index (χ4n) is 4.20. The number of para-hydroxylation sites is 1. The lowest BCUT2D eigenvalue weighted by atomic mass is 10.1. The van der Waals surface area contributed by atoms with Crippen LogP contribution in [0.2, 0.25) is 0 Å². The van der Waals surface area contributed by atoms with Crippen LogP contribution in [0.3, 0.4) is 0 Å². The molecule has 3 heterocycles. The maximum Gasteiger partial charge on any atom is 0.343 e. The van der Waals surface area contributed by atoms with Gasteiger partial charge in [0.15, 0.2) is 11.5 Å². The molecule has 0 bridgehead atoms. The lowest BCUT2D eigenvalue weighted by Crippen LogP contribution is -2.21. The molecule has 0 atom stereocenters. The zero-order valence-electron chi connectivity index (χ0n) is 16.6. The Morgan fingerprint density at radius 1 is 1.19 bits per heavy atom. The number of nitrogens with zero attached hydrogens (tertiary/aromatic N) is 3. The minimum atomic E-state index is -0.706. The molecule has 1 fully saturated rings. The number of rotatable bonds is 3. The number of H-pyrrole nitrogens is 1. The molecule has 7 nitrogen and oxygen atoms in total. The fraction of sp³-hybridized carbons (Fsp3) is 0.217. The lowest BCUT2D eigenvalue weighted by molar-refractivity contribution is 0.0524. The van der Waals surface area contributed by atoms with E-state index in [-0.39, 0.29) is 29.1 Å². The maximum atomic E-state index is 15.1. The van der Waals surface area contributed by atoms with Crippen molar-refractivity contribution in [3.05, 3.63) is 58.1 Å². The predicted molar refractivity (Wildman–Crippen MR) is 115 cm³/mol. The number of pyridine rings is 1. The molecule has 0 saturated heterocycles. The molecule has 0 aliphatic heterocycles. The first-order chi connectivity index (χ1) is 15.1. The van der Waals surface area contributed by atoms with E-state index >= 15 is 4.39 Å². The second-order valence-corrected chi connectivity index (χ2v) is 7.77. The molecule has 31 heavy (non-hydrogen) atoms.